The van der Waals surface area contributed by atoms with Crippen molar-refractivity contribution < 1.29 is 9.47 Å². The fraction of sp³-hybridized carbons (Fsp3) is 0.0952. The highest BCUT2D eigenvalue weighted by Crippen LogP contribution is 2.40. The minimum atomic E-state index is 0.668. The Morgan fingerprint density at radius 1 is 0.885 bits per heavy atom. The molecule has 130 valence electrons. The average Bonchev–Trinajstić information content (AvgIpc) is 3.37. The third-order valence-corrected chi connectivity index (χ3v) is 5.06. The van der Waals surface area contributed by atoms with E-state index < -0.39 is 0 Å². The molecule has 2 aromatic heterocycles. The molecule has 2 heterocycles. The summed E-state index contributed by atoms with van der Waals surface area (Å²) in [4.78, 5) is 9.54. The van der Waals surface area contributed by atoms with Gasteiger partial charge in [0.25, 0.3) is 0 Å². The number of H-pyrrole nitrogens is 1. The summed E-state index contributed by atoms with van der Waals surface area (Å²) >= 11 is 1.68. The molecule has 26 heavy (non-hydrogen) atoms. The van der Waals surface area contributed by atoms with E-state index in [2.05, 4.69) is 28.6 Å². The first kappa shape index (κ1) is 16.4. The molecule has 0 spiro atoms. The topological polar surface area (TPSA) is 47.1 Å². The summed E-state index contributed by atoms with van der Waals surface area (Å²) in [6.45, 7) is 0. The number of aromatic amines is 1. The van der Waals surface area contributed by atoms with Gasteiger partial charge >= 0.3 is 0 Å². The fourth-order valence-corrected chi connectivity index (χ4v) is 3.70. The maximum absolute atomic E-state index is 5.58. The standard InChI is InChI=1S/C21H18N2O2S/c1-24-16-11-6-10-15(20(16)25-2)21-22-18(14-8-4-3-5-9-14)19(23-21)17-12-7-13-26-17/h3-13H,1-2H3,(H,22,23). The van der Waals surface area contributed by atoms with E-state index in [0.717, 1.165) is 33.2 Å². The molecule has 0 atom stereocenters. The Labute approximate surface area is 156 Å². The van der Waals surface area contributed by atoms with Crippen LogP contribution < -0.4 is 9.47 Å². The van der Waals surface area contributed by atoms with Gasteiger partial charge < -0.3 is 14.5 Å². The molecule has 0 unspecified atom stereocenters. The first-order valence-electron chi connectivity index (χ1n) is 8.22. The highest BCUT2D eigenvalue weighted by molar-refractivity contribution is 7.13. The van der Waals surface area contributed by atoms with Gasteiger partial charge in [-0.2, -0.15) is 0 Å². The van der Waals surface area contributed by atoms with Crippen molar-refractivity contribution in [2.24, 2.45) is 0 Å². The van der Waals surface area contributed by atoms with E-state index in [0.29, 0.717) is 11.5 Å². The smallest absolute Gasteiger partial charge is 0.171 e. The first-order chi connectivity index (χ1) is 12.8. The summed E-state index contributed by atoms with van der Waals surface area (Å²) in [6.07, 6.45) is 0. The van der Waals surface area contributed by atoms with Crippen LogP contribution in [0.25, 0.3) is 33.2 Å². The maximum Gasteiger partial charge on any atom is 0.171 e. The van der Waals surface area contributed by atoms with Crippen LogP contribution in [0.1, 0.15) is 0 Å². The van der Waals surface area contributed by atoms with Crippen molar-refractivity contribution in [3.05, 3.63) is 66.0 Å². The Balaban J connectivity index is 1.93. The zero-order chi connectivity index (χ0) is 17.9. The number of rotatable bonds is 5. The van der Waals surface area contributed by atoms with Gasteiger partial charge in [-0.3, -0.25) is 0 Å². The molecule has 0 aliphatic heterocycles. The van der Waals surface area contributed by atoms with Crippen LogP contribution in [-0.4, -0.2) is 24.2 Å². The number of nitrogens with zero attached hydrogens (tertiary/aromatic N) is 1. The molecule has 0 saturated heterocycles. The van der Waals surface area contributed by atoms with Crippen LogP contribution in [0.3, 0.4) is 0 Å². The first-order valence-corrected chi connectivity index (χ1v) is 9.10. The van der Waals surface area contributed by atoms with Crippen molar-refractivity contribution in [1.29, 1.82) is 0 Å². The molecule has 0 aliphatic rings. The number of nitrogens with one attached hydrogen (secondary N) is 1. The van der Waals surface area contributed by atoms with Gasteiger partial charge in [0.05, 0.1) is 36.0 Å². The van der Waals surface area contributed by atoms with Crippen molar-refractivity contribution >= 4 is 11.3 Å². The number of methoxy groups -OCH3 is 2. The highest BCUT2D eigenvalue weighted by atomic mass is 32.1. The monoisotopic (exact) mass is 362 g/mol. The van der Waals surface area contributed by atoms with Crippen molar-refractivity contribution in [3.63, 3.8) is 0 Å². The Hall–Kier alpha value is -3.05. The molecule has 4 nitrogen and oxygen atoms in total. The van der Waals surface area contributed by atoms with Gasteiger partial charge in [0.15, 0.2) is 11.5 Å². The van der Waals surface area contributed by atoms with Crippen molar-refractivity contribution in [1.82, 2.24) is 9.97 Å². The summed E-state index contributed by atoms with van der Waals surface area (Å²) in [5.74, 6) is 2.10. The molecule has 0 radical (unpaired) electrons. The largest absolute Gasteiger partial charge is 0.493 e. The lowest BCUT2D eigenvalue weighted by Gasteiger charge is -2.10. The number of benzene rings is 2. The van der Waals surface area contributed by atoms with Gasteiger partial charge in [-0.25, -0.2) is 4.98 Å². The minimum absolute atomic E-state index is 0.668. The molecule has 0 saturated carbocycles. The molecular formula is C21H18N2O2S. The average molecular weight is 362 g/mol. The summed E-state index contributed by atoms with van der Waals surface area (Å²) in [6, 6.07) is 20.1. The zero-order valence-electron chi connectivity index (χ0n) is 14.5. The number of hydrogen-bond donors (Lipinski definition) is 1. The van der Waals surface area contributed by atoms with Gasteiger partial charge in [0.2, 0.25) is 0 Å². The van der Waals surface area contributed by atoms with E-state index in [1.807, 2.05) is 42.5 Å². The van der Waals surface area contributed by atoms with E-state index in [1.165, 1.54) is 0 Å². The number of para-hydroxylation sites is 1. The van der Waals surface area contributed by atoms with Crippen LogP contribution in [-0.2, 0) is 0 Å². The summed E-state index contributed by atoms with van der Waals surface area (Å²) < 4.78 is 11.0. The predicted molar refractivity (Wildman–Crippen MR) is 106 cm³/mol. The van der Waals surface area contributed by atoms with Crippen LogP contribution in [0.4, 0.5) is 0 Å². The van der Waals surface area contributed by atoms with Gasteiger partial charge in [-0.1, -0.05) is 42.5 Å². The Kier molecular flexibility index (Phi) is 4.46. The van der Waals surface area contributed by atoms with E-state index in [1.54, 1.807) is 25.6 Å². The Bertz CT molecular complexity index is 1010. The lowest BCUT2D eigenvalue weighted by atomic mass is 10.1. The van der Waals surface area contributed by atoms with Crippen LogP contribution in [0.5, 0.6) is 11.5 Å². The normalized spacial score (nSPS) is 10.7. The molecule has 2 aromatic carbocycles. The molecule has 4 rings (SSSR count). The lowest BCUT2D eigenvalue weighted by Crippen LogP contribution is -1.94. The number of ether oxygens (including phenoxy) is 2. The second-order valence-corrected chi connectivity index (χ2v) is 6.64. The molecular weight excluding hydrogens is 344 g/mol. The zero-order valence-corrected chi connectivity index (χ0v) is 15.3. The molecule has 0 aliphatic carbocycles. The van der Waals surface area contributed by atoms with Crippen molar-refractivity contribution in [3.8, 4) is 44.7 Å². The van der Waals surface area contributed by atoms with E-state index in [4.69, 9.17) is 14.5 Å². The van der Waals surface area contributed by atoms with Crippen LogP contribution in [0.2, 0.25) is 0 Å². The van der Waals surface area contributed by atoms with Crippen LogP contribution in [0, 0.1) is 0 Å². The maximum atomic E-state index is 5.58. The molecule has 1 N–H and O–H groups in total. The van der Waals surface area contributed by atoms with Crippen LogP contribution in [0.15, 0.2) is 66.0 Å². The predicted octanol–water partition coefficient (Wildman–Crippen LogP) is 5.49. The second-order valence-electron chi connectivity index (χ2n) is 5.69. The summed E-state index contributed by atoms with van der Waals surface area (Å²) in [5.41, 5.74) is 3.87. The number of imidazole rings is 1. The molecule has 0 bridgehead atoms. The lowest BCUT2D eigenvalue weighted by molar-refractivity contribution is 0.356. The summed E-state index contributed by atoms with van der Waals surface area (Å²) in [7, 11) is 3.28. The quantitative estimate of drug-likeness (QED) is 0.511. The third-order valence-electron chi connectivity index (χ3n) is 4.18. The summed E-state index contributed by atoms with van der Waals surface area (Å²) in [5, 5.41) is 2.07. The molecule has 5 heteroatoms. The van der Waals surface area contributed by atoms with Gasteiger partial charge in [-0.15, -0.1) is 11.3 Å². The van der Waals surface area contributed by atoms with Gasteiger partial charge in [0, 0.05) is 5.56 Å². The molecule has 0 amide bonds. The van der Waals surface area contributed by atoms with E-state index >= 15 is 0 Å². The molecule has 4 aromatic rings. The van der Waals surface area contributed by atoms with Crippen molar-refractivity contribution in [2.75, 3.05) is 14.2 Å². The number of hydrogen-bond acceptors (Lipinski definition) is 4. The number of thiophene rings is 1. The van der Waals surface area contributed by atoms with Gasteiger partial charge in [0.1, 0.15) is 5.82 Å². The Morgan fingerprint density at radius 3 is 2.42 bits per heavy atom. The van der Waals surface area contributed by atoms with Gasteiger partial charge in [-0.05, 0) is 23.6 Å². The molecule has 0 fully saturated rings. The third kappa shape index (κ3) is 2.86. The fourth-order valence-electron chi connectivity index (χ4n) is 2.98. The SMILES string of the molecule is COc1cccc(-c2nc(-c3ccccc3)c(-c3cccs3)[nH]2)c1OC. The minimum Gasteiger partial charge on any atom is -0.493 e. The van der Waals surface area contributed by atoms with E-state index in [-0.39, 0.29) is 0 Å². The van der Waals surface area contributed by atoms with E-state index in [9.17, 15) is 0 Å². The van der Waals surface area contributed by atoms with Crippen LogP contribution >= 0.6 is 11.3 Å². The second kappa shape index (κ2) is 7.06. The van der Waals surface area contributed by atoms with Crippen molar-refractivity contribution in [2.45, 2.75) is 0 Å². The highest BCUT2D eigenvalue weighted by Gasteiger charge is 2.19. The Morgan fingerprint density at radius 2 is 1.73 bits per heavy atom. The number of aromatic nitrogens is 2.